The molecule has 0 amide bonds. The van der Waals surface area contributed by atoms with Gasteiger partial charge in [0.1, 0.15) is 11.7 Å². The first kappa shape index (κ1) is 14.2. The molecule has 0 radical (unpaired) electrons. The van der Waals surface area contributed by atoms with E-state index >= 15 is 0 Å². The van der Waals surface area contributed by atoms with E-state index in [2.05, 4.69) is 23.2 Å². The highest BCUT2D eigenvalue weighted by Gasteiger charge is 2.13. The molecule has 3 aromatic carbocycles. The number of benzene rings is 3. The third-order valence-corrected chi connectivity index (χ3v) is 4.07. The van der Waals surface area contributed by atoms with Crippen LogP contribution in [0, 0.1) is 5.41 Å². The fourth-order valence-corrected chi connectivity index (χ4v) is 2.94. The van der Waals surface area contributed by atoms with E-state index in [1.807, 2.05) is 54.6 Å². The Labute approximate surface area is 139 Å². The van der Waals surface area contributed by atoms with Crippen LogP contribution in [0.3, 0.4) is 0 Å². The van der Waals surface area contributed by atoms with E-state index in [1.165, 1.54) is 0 Å². The highest BCUT2D eigenvalue weighted by Crippen LogP contribution is 2.31. The fourth-order valence-electron chi connectivity index (χ4n) is 2.94. The Morgan fingerprint density at radius 3 is 2.29 bits per heavy atom. The van der Waals surface area contributed by atoms with Gasteiger partial charge in [-0.2, -0.15) is 0 Å². The summed E-state index contributed by atoms with van der Waals surface area (Å²) in [6.45, 7) is 0. The van der Waals surface area contributed by atoms with Crippen LogP contribution in [0.15, 0.2) is 72.8 Å². The van der Waals surface area contributed by atoms with Gasteiger partial charge in [-0.25, -0.2) is 4.98 Å². The second-order valence-electron chi connectivity index (χ2n) is 5.61. The minimum atomic E-state index is 0.0231. The minimum absolute atomic E-state index is 0.0231. The molecule has 0 fully saturated rings. The molecule has 4 aromatic rings. The van der Waals surface area contributed by atoms with Crippen molar-refractivity contribution in [1.29, 1.82) is 5.41 Å². The predicted octanol–water partition coefficient (Wildman–Crippen LogP) is 4.18. The number of hydrogen-bond donors (Lipinski definition) is 3. The number of para-hydroxylation sites is 1. The lowest BCUT2D eigenvalue weighted by molar-refractivity contribution is 1.33. The summed E-state index contributed by atoms with van der Waals surface area (Å²) in [6.07, 6.45) is 0. The molecule has 0 saturated heterocycles. The van der Waals surface area contributed by atoms with Gasteiger partial charge in [-0.1, -0.05) is 60.7 Å². The lowest BCUT2D eigenvalue weighted by Gasteiger charge is -2.07. The van der Waals surface area contributed by atoms with Crippen LogP contribution in [0.2, 0.25) is 0 Å². The fraction of sp³-hybridized carbons (Fsp3) is 0. The molecule has 0 bridgehead atoms. The molecular formula is C20H16N4. The molecule has 4 rings (SSSR count). The van der Waals surface area contributed by atoms with Crippen LogP contribution in [-0.2, 0) is 0 Å². The molecule has 0 aliphatic rings. The molecule has 0 saturated carbocycles. The summed E-state index contributed by atoms with van der Waals surface area (Å²) in [5.41, 5.74) is 11.2. The van der Waals surface area contributed by atoms with Crippen LogP contribution < -0.4 is 5.73 Å². The Morgan fingerprint density at radius 1 is 0.833 bits per heavy atom. The third kappa shape index (κ3) is 2.34. The van der Waals surface area contributed by atoms with Crippen LogP contribution in [0.25, 0.3) is 33.5 Å². The van der Waals surface area contributed by atoms with Crippen molar-refractivity contribution in [3.63, 3.8) is 0 Å². The first-order chi connectivity index (χ1) is 11.7. The average Bonchev–Trinajstić information content (AvgIpc) is 3.06. The Bertz CT molecular complexity index is 1030. The maximum Gasteiger partial charge on any atom is 0.139 e. The van der Waals surface area contributed by atoms with E-state index in [0.717, 1.165) is 33.5 Å². The summed E-state index contributed by atoms with van der Waals surface area (Å²) >= 11 is 0. The predicted molar refractivity (Wildman–Crippen MR) is 98.0 cm³/mol. The zero-order valence-electron chi connectivity index (χ0n) is 13.0. The number of rotatable bonds is 3. The van der Waals surface area contributed by atoms with Gasteiger partial charge >= 0.3 is 0 Å². The van der Waals surface area contributed by atoms with Crippen LogP contribution in [-0.4, -0.2) is 15.8 Å². The molecule has 4 heteroatoms. The van der Waals surface area contributed by atoms with Crippen molar-refractivity contribution in [3.8, 4) is 22.5 Å². The first-order valence-electron chi connectivity index (χ1n) is 7.72. The van der Waals surface area contributed by atoms with Gasteiger partial charge in [-0.15, -0.1) is 0 Å². The van der Waals surface area contributed by atoms with Crippen molar-refractivity contribution in [2.45, 2.75) is 0 Å². The van der Waals surface area contributed by atoms with Crippen molar-refractivity contribution in [3.05, 3.63) is 78.4 Å². The van der Waals surface area contributed by atoms with Crippen LogP contribution in [0.1, 0.15) is 5.56 Å². The summed E-state index contributed by atoms with van der Waals surface area (Å²) in [6, 6.07) is 24.0. The van der Waals surface area contributed by atoms with E-state index in [1.54, 1.807) is 0 Å². The quantitative estimate of drug-likeness (QED) is 0.392. The molecule has 0 aliphatic heterocycles. The molecule has 1 aromatic heterocycles. The minimum Gasteiger partial charge on any atom is -0.384 e. The van der Waals surface area contributed by atoms with Gasteiger partial charge in [0, 0.05) is 11.1 Å². The highest BCUT2D eigenvalue weighted by atomic mass is 14.9. The molecule has 24 heavy (non-hydrogen) atoms. The van der Waals surface area contributed by atoms with Crippen molar-refractivity contribution in [1.82, 2.24) is 9.97 Å². The molecule has 1 heterocycles. The summed E-state index contributed by atoms with van der Waals surface area (Å²) in [5, 5.41) is 7.73. The number of amidine groups is 1. The molecule has 0 atom stereocenters. The summed E-state index contributed by atoms with van der Waals surface area (Å²) in [7, 11) is 0. The first-order valence-corrected chi connectivity index (χ1v) is 7.72. The maximum atomic E-state index is 7.73. The summed E-state index contributed by atoms with van der Waals surface area (Å²) < 4.78 is 0. The van der Waals surface area contributed by atoms with E-state index in [4.69, 9.17) is 16.1 Å². The monoisotopic (exact) mass is 312 g/mol. The van der Waals surface area contributed by atoms with Gasteiger partial charge in [-0.3, -0.25) is 5.41 Å². The number of hydrogen-bond acceptors (Lipinski definition) is 2. The van der Waals surface area contributed by atoms with Crippen molar-refractivity contribution >= 4 is 16.9 Å². The van der Waals surface area contributed by atoms with Gasteiger partial charge in [0.15, 0.2) is 0 Å². The van der Waals surface area contributed by atoms with E-state index in [9.17, 15) is 0 Å². The number of fused-ring (bicyclic) bond motifs is 1. The maximum absolute atomic E-state index is 7.73. The molecule has 0 unspecified atom stereocenters. The number of nitrogens with zero attached hydrogens (tertiary/aromatic N) is 1. The molecule has 0 spiro atoms. The molecule has 116 valence electrons. The normalized spacial score (nSPS) is 10.8. The number of nitrogens with one attached hydrogen (secondary N) is 2. The lowest BCUT2D eigenvalue weighted by atomic mass is 9.99. The molecule has 0 aliphatic carbocycles. The number of nitrogen functional groups attached to an aromatic ring is 1. The van der Waals surface area contributed by atoms with E-state index < -0.39 is 0 Å². The highest BCUT2D eigenvalue weighted by molar-refractivity contribution is 6.06. The average molecular weight is 312 g/mol. The largest absolute Gasteiger partial charge is 0.384 e. The molecule has 4 N–H and O–H groups in total. The number of H-pyrrole nitrogens is 1. The Morgan fingerprint density at radius 2 is 1.54 bits per heavy atom. The topological polar surface area (TPSA) is 78.5 Å². The Balaban J connectivity index is 1.93. The van der Waals surface area contributed by atoms with Crippen LogP contribution in [0.4, 0.5) is 0 Å². The standard InChI is InChI=1S/C20H16N4/c21-19(22)16-11-6-12-17-18(16)24-20(23-17)15-10-5-4-9-14(15)13-7-2-1-3-8-13/h1-12H,(H3,21,22)(H,23,24). The van der Waals surface area contributed by atoms with Gasteiger partial charge < -0.3 is 10.7 Å². The van der Waals surface area contributed by atoms with Crippen LogP contribution in [0.5, 0.6) is 0 Å². The van der Waals surface area contributed by atoms with Crippen molar-refractivity contribution in [2.75, 3.05) is 0 Å². The van der Waals surface area contributed by atoms with Gasteiger partial charge in [0.05, 0.1) is 11.0 Å². The summed E-state index contributed by atoms with van der Waals surface area (Å²) in [5.74, 6) is 0.799. The zero-order valence-corrected chi connectivity index (χ0v) is 13.0. The Hall–Kier alpha value is -3.40. The van der Waals surface area contributed by atoms with Crippen molar-refractivity contribution < 1.29 is 0 Å². The summed E-state index contributed by atoms with van der Waals surface area (Å²) in [4.78, 5) is 8.07. The SMILES string of the molecule is N=C(N)c1cccc2[nH]c(-c3ccccc3-c3ccccc3)nc12. The zero-order chi connectivity index (χ0) is 16.5. The van der Waals surface area contributed by atoms with Gasteiger partial charge in [0.25, 0.3) is 0 Å². The second kappa shape index (κ2) is 5.66. The number of aromatic nitrogens is 2. The number of aromatic amines is 1. The van der Waals surface area contributed by atoms with Crippen LogP contribution >= 0.6 is 0 Å². The number of imidazole rings is 1. The van der Waals surface area contributed by atoms with Gasteiger partial charge in [-0.05, 0) is 23.3 Å². The third-order valence-electron chi connectivity index (χ3n) is 4.07. The van der Waals surface area contributed by atoms with E-state index in [0.29, 0.717) is 5.56 Å². The molecule has 4 nitrogen and oxygen atoms in total. The molecular weight excluding hydrogens is 296 g/mol. The smallest absolute Gasteiger partial charge is 0.139 e. The van der Waals surface area contributed by atoms with E-state index in [-0.39, 0.29) is 5.84 Å². The number of nitrogens with two attached hydrogens (primary N) is 1. The second-order valence-corrected chi connectivity index (χ2v) is 5.61. The Kier molecular flexibility index (Phi) is 3.35. The van der Waals surface area contributed by atoms with Gasteiger partial charge in [0.2, 0.25) is 0 Å². The lowest BCUT2D eigenvalue weighted by Crippen LogP contribution is -2.11. The van der Waals surface area contributed by atoms with Crippen molar-refractivity contribution in [2.24, 2.45) is 5.73 Å².